The number of methoxy groups -OCH3 is 1. The molecule has 0 radical (unpaired) electrons. The van der Waals surface area contributed by atoms with Crippen molar-refractivity contribution in [1.82, 2.24) is 10.2 Å². The Kier molecular flexibility index (Phi) is 10.5. The van der Waals surface area contributed by atoms with Crippen molar-refractivity contribution in [2.75, 3.05) is 26.7 Å². The van der Waals surface area contributed by atoms with E-state index in [-0.39, 0.29) is 24.4 Å². The molecule has 0 spiro atoms. The highest BCUT2D eigenvalue weighted by Gasteiger charge is 2.45. The third kappa shape index (κ3) is 7.98. The number of hydrogen-bond acceptors (Lipinski definition) is 7. The van der Waals surface area contributed by atoms with Gasteiger partial charge in [-0.05, 0) is 42.5 Å². The maximum absolute atomic E-state index is 13.5. The van der Waals surface area contributed by atoms with Crippen LogP contribution in [-0.4, -0.2) is 61.0 Å². The predicted octanol–water partition coefficient (Wildman–Crippen LogP) is 3.35. The molecule has 1 fully saturated rings. The van der Waals surface area contributed by atoms with Gasteiger partial charge >= 0.3 is 11.9 Å². The highest BCUT2D eigenvalue weighted by Crippen LogP contribution is 2.31. The fourth-order valence-corrected chi connectivity index (χ4v) is 5.36. The van der Waals surface area contributed by atoms with Crippen LogP contribution < -0.4 is 16.8 Å². The van der Waals surface area contributed by atoms with Crippen LogP contribution in [0.5, 0.6) is 0 Å². The first-order chi connectivity index (χ1) is 20.7. The number of nitrogens with one attached hydrogen (secondary N) is 1. The van der Waals surface area contributed by atoms with Gasteiger partial charge in [-0.25, -0.2) is 9.79 Å². The molecule has 1 aliphatic heterocycles. The highest BCUT2D eigenvalue weighted by molar-refractivity contribution is 5.92. The number of benzene rings is 3. The number of amides is 1. The van der Waals surface area contributed by atoms with E-state index in [1.165, 1.54) is 7.11 Å². The van der Waals surface area contributed by atoms with Crippen LogP contribution in [0.1, 0.15) is 48.3 Å². The van der Waals surface area contributed by atoms with Gasteiger partial charge in [-0.1, -0.05) is 78.9 Å². The number of nitrogens with zero attached hydrogens (tertiary/aromatic N) is 2. The van der Waals surface area contributed by atoms with Crippen molar-refractivity contribution in [1.29, 1.82) is 0 Å². The van der Waals surface area contributed by atoms with Gasteiger partial charge in [0.25, 0.3) is 0 Å². The smallest absolute Gasteiger partial charge is 0.331 e. The Hall–Kier alpha value is -4.70. The SMILES string of the molecule is COC(=O)C1(NC(=O)C(C)c2ccccc2N=C(N)N)CCN(CC(C(=O)OCc2ccccc2)c2ccccc2)CC1. The third-order valence-corrected chi connectivity index (χ3v) is 7.85. The first-order valence-electron chi connectivity index (χ1n) is 14.3. The van der Waals surface area contributed by atoms with Gasteiger partial charge < -0.3 is 31.2 Å². The molecule has 3 aromatic rings. The molecule has 0 bridgehead atoms. The summed E-state index contributed by atoms with van der Waals surface area (Å²) in [5.74, 6) is -2.44. The molecule has 4 rings (SSSR count). The number of rotatable bonds is 11. The van der Waals surface area contributed by atoms with Gasteiger partial charge in [0.15, 0.2) is 5.96 Å². The Bertz CT molecular complexity index is 1420. The van der Waals surface area contributed by atoms with Gasteiger partial charge in [0, 0.05) is 19.6 Å². The van der Waals surface area contributed by atoms with Crippen molar-refractivity contribution in [2.45, 2.75) is 43.7 Å². The zero-order valence-electron chi connectivity index (χ0n) is 24.6. The summed E-state index contributed by atoms with van der Waals surface area (Å²) >= 11 is 0. The van der Waals surface area contributed by atoms with Crippen LogP contribution in [0.4, 0.5) is 5.69 Å². The van der Waals surface area contributed by atoms with Crippen molar-refractivity contribution in [3.63, 3.8) is 0 Å². The normalized spacial score (nSPS) is 15.9. The van der Waals surface area contributed by atoms with Crippen LogP contribution in [0.15, 0.2) is 89.9 Å². The van der Waals surface area contributed by atoms with Crippen molar-refractivity contribution in [2.24, 2.45) is 16.5 Å². The Labute approximate surface area is 252 Å². The Morgan fingerprint density at radius 1 is 0.930 bits per heavy atom. The van der Waals surface area contributed by atoms with E-state index in [9.17, 15) is 14.4 Å². The second-order valence-corrected chi connectivity index (χ2v) is 10.7. The maximum atomic E-state index is 13.5. The molecule has 43 heavy (non-hydrogen) atoms. The van der Waals surface area contributed by atoms with Gasteiger partial charge in [0.2, 0.25) is 5.91 Å². The predicted molar refractivity (Wildman–Crippen MR) is 164 cm³/mol. The van der Waals surface area contributed by atoms with Crippen LogP contribution in [0.25, 0.3) is 0 Å². The highest BCUT2D eigenvalue weighted by atomic mass is 16.5. The quantitative estimate of drug-likeness (QED) is 0.176. The number of carbonyl (C=O) groups excluding carboxylic acids is 3. The summed E-state index contributed by atoms with van der Waals surface area (Å²) in [7, 11) is 1.31. The molecule has 1 amide bonds. The van der Waals surface area contributed by atoms with Gasteiger partial charge in [0.1, 0.15) is 12.1 Å². The molecule has 226 valence electrons. The number of para-hydroxylation sites is 1. The number of esters is 2. The largest absolute Gasteiger partial charge is 0.467 e. The number of aliphatic imine (C=N–C) groups is 1. The molecule has 10 heteroatoms. The average molecular weight is 586 g/mol. The number of likely N-dealkylation sites (tertiary alicyclic amines) is 1. The van der Waals surface area contributed by atoms with E-state index in [1.807, 2.05) is 60.7 Å². The van der Waals surface area contributed by atoms with Gasteiger partial charge in [-0.3, -0.25) is 9.59 Å². The number of carbonyl (C=O) groups is 3. The molecule has 2 atom stereocenters. The Morgan fingerprint density at radius 2 is 1.53 bits per heavy atom. The van der Waals surface area contributed by atoms with Crippen molar-refractivity contribution in [3.05, 3.63) is 102 Å². The first kappa shape index (κ1) is 31.2. The molecule has 0 saturated carbocycles. The van der Waals surface area contributed by atoms with Crippen LogP contribution in [0, 0.1) is 0 Å². The second-order valence-electron chi connectivity index (χ2n) is 10.7. The molecule has 1 saturated heterocycles. The van der Waals surface area contributed by atoms with Crippen LogP contribution in [-0.2, 0) is 30.5 Å². The molecule has 0 aromatic heterocycles. The van der Waals surface area contributed by atoms with Gasteiger partial charge in [-0.15, -0.1) is 0 Å². The molecule has 5 N–H and O–H groups in total. The molecular weight excluding hydrogens is 546 g/mol. The zero-order chi connectivity index (χ0) is 30.8. The molecule has 1 heterocycles. The summed E-state index contributed by atoms with van der Waals surface area (Å²) in [6.45, 7) is 3.26. The minimum absolute atomic E-state index is 0.115. The van der Waals surface area contributed by atoms with E-state index < -0.39 is 23.3 Å². The number of hydrogen-bond donors (Lipinski definition) is 3. The molecule has 1 aliphatic rings. The van der Waals surface area contributed by atoms with Crippen molar-refractivity contribution in [3.8, 4) is 0 Å². The first-order valence-corrected chi connectivity index (χ1v) is 14.3. The van der Waals surface area contributed by atoms with Crippen LogP contribution in [0.2, 0.25) is 0 Å². The summed E-state index contributed by atoms with van der Waals surface area (Å²) in [5.41, 5.74) is 12.8. The van der Waals surface area contributed by atoms with E-state index >= 15 is 0 Å². The number of ether oxygens (including phenoxy) is 2. The van der Waals surface area contributed by atoms with Crippen molar-refractivity contribution < 1.29 is 23.9 Å². The van der Waals surface area contributed by atoms with E-state index in [4.69, 9.17) is 20.9 Å². The lowest BCUT2D eigenvalue weighted by Gasteiger charge is -2.41. The van der Waals surface area contributed by atoms with Gasteiger partial charge in [0.05, 0.1) is 24.6 Å². The van der Waals surface area contributed by atoms with Crippen LogP contribution >= 0.6 is 0 Å². The minimum Gasteiger partial charge on any atom is -0.467 e. The molecule has 0 aliphatic carbocycles. The Balaban J connectivity index is 1.46. The summed E-state index contributed by atoms with van der Waals surface area (Å²) in [6, 6.07) is 26.2. The topological polar surface area (TPSA) is 149 Å². The second kappa shape index (κ2) is 14.5. The van der Waals surface area contributed by atoms with Crippen LogP contribution in [0.3, 0.4) is 0 Å². The maximum Gasteiger partial charge on any atom is 0.331 e. The van der Waals surface area contributed by atoms with Crippen molar-refractivity contribution >= 4 is 29.5 Å². The standard InChI is InChI=1S/C33H39N5O5/c1-23(26-15-9-10-16-28(26)36-32(34)35)29(39)37-33(31(41)42-2)17-19-38(20-18-33)21-27(25-13-7-4-8-14-25)30(40)43-22-24-11-5-3-6-12-24/h3-16,23,27H,17-22H2,1-2H3,(H,37,39)(H4,34,35,36). The van der Waals surface area contributed by atoms with E-state index in [0.29, 0.717) is 43.7 Å². The summed E-state index contributed by atoms with van der Waals surface area (Å²) in [5, 5.41) is 2.99. The molecule has 3 aromatic carbocycles. The number of piperidine rings is 1. The minimum atomic E-state index is -1.21. The lowest BCUT2D eigenvalue weighted by atomic mass is 9.85. The Morgan fingerprint density at radius 3 is 2.16 bits per heavy atom. The summed E-state index contributed by atoms with van der Waals surface area (Å²) < 4.78 is 10.9. The summed E-state index contributed by atoms with van der Waals surface area (Å²) in [4.78, 5) is 46.2. The fraction of sp³-hybridized carbons (Fsp3) is 0.333. The van der Waals surface area contributed by atoms with E-state index in [2.05, 4.69) is 15.2 Å². The zero-order valence-corrected chi connectivity index (χ0v) is 24.6. The number of guanidine groups is 1. The van der Waals surface area contributed by atoms with Gasteiger partial charge in [-0.2, -0.15) is 0 Å². The van der Waals surface area contributed by atoms with E-state index in [1.54, 1.807) is 31.2 Å². The number of nitrogens with two attached hydrogens (primary N) is 2. The third-order valence-electron chi connectivity index (χ3n) is 7.85. The average Bonchev–Trinajstić information content (AvgIpc) is 3.03. The van der Waals surface area contributed by atoms with E-state index in [0.717, 1.165) is 11.1 Å². The molecule has 10 nitrogen and oxygen atoms in total. The lowest BCUT2D eigenvalue weighted by Crippen LogP contribution is -2.61. The summed E-state index contributed by atoms with van der Waals surface area (Å²) in [6.07, 6.45) is 0.627. The fourth-order valence-electron chi connectivity index (χ4n) is 5.36. The monoisotopic (exact) mass is 585 g/mol. The molecular formula is C33H39N5O5. The molecule has 2 unspecified atom stereocenters. The lowest BCUT2D eigenvalue weighted by molar-refractivity contribution is -0.154.